The highest BCUT2D eigenvalue weighted by molar-refractivity contribution is 5.79. The molecule has 0 amide bonds. The lowest BCUT2D eigenvalue weighted by molar-refractivity contribution is -0.144. The molecule has 1 atom stereocenters. The van der Waals surface area contributed by atoms with Gasteiger partial charge in [0.1, 0.15) is 5.54 Å². The van der Waals surface area contributed by atoms with Gasteiger partial charge in [-0.3, -0.25) is 4.79 Å². The van der Waals surface area contributed by atoms with Gasteiger partial charge >= 0.3 is 5.97 Å². The molecular formula is C8H16N2O2. The van der Waals surface area contributed by atoms with Gasteiger partial charge in [0.2, 0.25) is 0 Å². The first kappa shape index (κ1) is 9.48. The van der Waals surface area contributed by atoms with Crippen LogP contribution in [0.2, 0.25) is 0 Å². The Balaban J connectivity index is 2.64. The molecule has 0 aromatic rings. The largest absolute Gasteiger partial charge is 0.480 e. The van der Waals surface area contributed by atoms with E-state index < -0.39 is 11.5 Å². The SMILES string of the molecule is CN(C)CC(N)(C(=O)O)C1CC1. The second kappa shape index (κ2) is 3.03. The number of carbonyl (C=O) groups is 1. The van der Waals surface area contributed by atoms with Crippen LogP contribution in [0.1, 0.15) is 12.8 Å². The lowest BCUT2D eigenvalue weighted by atomic mass is 9.94. The molecule has 0 heterocycles. The van der Waals surface area contributed by atoms with Gasteiger partial charge in [-0.1, -0.05) is 0 Å². The maximum atomic E-state index is 10.9. The Hall–Kier alpha value is -0.610. The Morgan fingerprint density at radius 1 is 1.67 bits per heavy atom. The highest BCUT2D eigenvalue weighted by Gasteiger charge is 2.48. The monoisotopic (exact) mass is 172 g/mol. The topological polar surface area (TPSA) is 66.6 Å². The second-order valence-electron chi connectivity index (χ2n) is 3.86. The number of nitrogens with two attached hydrogens (primary N) is 1. The van der Waals surface area contributed by atoms with Crippen LogP contribution in [-0.2, 0) is 4.79 Å². The molecule has 0 radical (unpaired) electrons. The number of hydrogen-bond acceptors (Lipinski definition) is 3. The summed E-state index contributed by atoms with van der Waals surface area (Å²) in [5, 5.41) is 8.94. The molecule has 0 spiro atoms. The zero-order valence-electron chi connectivity index (χ0n) is 7.58. The van der Waals surface area contributed by atoms with Crippen molar-refractivity contribution in [1.82, 2.24) is 4.90 Å². The normalized spacial score (nSPS) is 22.3. The van der Waals surface area contributed by atoms with Gasteiger partial charge in [-0.15, -0.1) is 0 Å². The predicted molar refractivity (Wildman–Crippen MR) is 45.8 cm³/mol. The van der Waals surface area contributed by atoms with Crippen molar-refractivity contribution in [2.75, 3.05) is 20.6 Å². The second-order valence-corrected chi connectivity index (χ2v) is 3.86. The van der Waals surface area contributed by atoms with Gasteiger partial charge in [-0.25, -0.2) is 0 Å². The van der Waals surface area contributed by atoms with Crippen LogP contribution < -0.4 is 5.73 Å². The van der Waals surface area contributed by atoms with Gasteiger partial charge in [0.05, 0.1) is 0 Å². The Morgan fingerprint density at radius 3 is 2.42 bits per heavy atom. The smallest absolute Gasteiger partial charge is 0.325 e. The third kappa shape index (κ3) is 1.76. The molecule has 1 fully saturated rings. The Morgan fingerprint density at radius 2 is 2.17 bits per heavy atom. The van der Waals surface area contributed by atoms with Crippen molar-refractivity contribution >= 4 is 5.97 Å². The molecule has 4 heteroatoms. The van der Waals surface area contributed by atoms with Crippen LogP contribution in [0.25, 0.3) is 0 Å². The lowest BCUT2D eigenvalue weighted by Crippen LogP contribution is -2.56. The van der Waals surface area contributed by atoms with E-state index in [9.17, 15) is 4.79 Å². The Kier molecular flexibility index (Phi) is 2.39. The fourth-order valence-electron chi connectivity index (χ4n) is 1.49. The van der Waals surface area contributed by atoms with Crippen LogP contribution in [0, 0.1) is 5.92 Å². The van der Waals surface area contributed by atoms with E-state index in [1.54, 1.807) is 0 Å². The quantitative estimate of drug-likeness (QED) is 0.613. The van der Waals surface area contributed by atoms with Crippen LogP contribution >= 0.6 is 0 Å². The first-order valence-corrected chi connectivity index (χ1v) is 4.14. The summed E-state index contributed by atoms with van der Waals surface area (Å²) < 4.78 is 0. The van der Waals surface area contributed by atoms with Crippen molar-refractivity contribution in [3.8, 4) is 0 Å². The molecular weight excluding hydrogens is 156 g/mol. The van der Waals surface area contributed by atoms with Gasteiger partial charge in [0.25, 0.3) is 0 Å². The third-order valence-electron chi connectivity index (χ3n) is 2.28. The van der Waals surface area contributed by atoms with E-state index in [0.717, 1.165) is 12.8 Å². The summed E-state index contributed by atoms with van der Waals surface area (Å²) in [5.74, 6) is -0.698. The van der Waals surface area contributed by atoms with Crippen molar-refractivity contribution in [1.29, 1.82) is 0 Å². The summed E-state index contributed by atoms with van der Waals surface area (Å²) in [5.41, 5.74) is 4.78. The number of rotatable bonds is 4. The van der Waals surface area contributed by atoms with Gasteiger partial charge in [0.15, 0.2) is 0 Å². The highest BCUT2D eigenvalue weighted by Crippen LogP contribution is 2.38. The van der Waals surface area contributed by atoms with E-state index >= 15 is 0 Å². The number of aliphatic carboxylic acids is 1. The van der Waals surface area contributed by atoms with Gasteiger partial charge in [-0.05, 0) is 32.9 Å². The third-order valence-corrected chi connectivity index (χ3v) is 2.28. The maximum absolute atomic E-state index is 10.9. The molecule has 0 saturated heterocycles. The predicted octanol–water partition coefficient (Wildman–Crippen LogP) is -0.260. The van der Waals surface area contributed by atoms with Crippen molar-refractivity contribution < 1.29 is 9.90 Å². The molecule has 1 unspecified atom stereocenters. The van der Waals surface area contributed by atoms with Crippen LogP contribution in [0.5, 0.6) is 0 Å². The van der Waals surface area contributed by atoms with Crippen molar-refractivity contribution in [3.05, 3.63) is 0 Å². The molecule has 3 N–H and O–H groups in total. The number of hydrogen-bond donors (Lipinski definition) is 2. The molecule has 12 heavy (non-hydrogen) atoms. The van der Waals surface area contributed by atoms with Gasteiger partial charge in [-0.2, -0.15) is 0 Å². The summed E-state index contributed by atoms with van der Waals surface area (Å²) in [6.07, 6.45) is 1.91. The summed E-state index contributed by atoms with van der Waals surface area (Å²) >= 11 is 0. The van der Waals surface area contributed by atoms with E-state index in [1.165, 1.54) is 0 Å². The zero-order valence-corrected chi connectivity index (χ0v) is 7.58. The highest BCUT2D eigenvalue weighted by atomic mass is 16.4. The summed E-state index contributed by atoms with van der Waals surface area (Å²) in [7, 11) is 3.68. The number of nitrogens with zero attached hydrogens (tertiary/aromatic N) is 1. The molecule has 0 aromatic heterocycles. The number of carboxylic acid groups (broad SMARTS) is 1. The first-order valence-electron chi connectivity index (χ1n) is 4.14. The van der Waals surface area contributed by atoms with Crippen LogP contribution in [-0.4, -0.2) is 42.2 Å². The van der Waals surface area contributed by atoms with Gasteiger partial charge < -0.3 is 15.7 Å². The van der Waals surface area contributed by atoms with Crippen LogP contribution in [0.4, 0.5) is 0 Å². The van der Waals surface area contributed by atoms with Crippen LogP contribution in [0.3, 0.4) is 0 Å². The number of carboxylic acids is 1. The van der Waals surface area contributed by atoms with Crippen molar-refractivity contribution in [2.24, 2.45) is 11.7 Å². The molecule has 0 bridgehead atoms. The number of likely N-dealkylation sites (N-methyl/N-ethyl adjacent to an activating group) is 1. The zero-order chi connectivity index (χ0) is 9.35. The van der Waals surface area contributed by atoms with E-state index in [1.807, 2.05) is 19.0 Å². The lowest BCUT2D eigenvalue weighted by Gasteiger charge is -2.27. The summed E-state index contributed by atoms with van der Waals surface area (Å²) in [4.78, 5) is 12.7. The average Bonchev–Trinajstić information content (AvgIpc) is 2.65. The van der Waals surface area contributed by atoms with Crippen molar-refractivity contribution in [2.45, 2.75) is 18.4 Å². The van der Waals surface area contributed by atoms with E-state index in [4.69, 9.17) is 10.8 Å². The molecule has 1 aliphatic rings. The fraction of sp³-hybridized carbons (Fsp3) is 0.875. The van der Waals surface area contributed by atoms with E-state index in [2.05, 4.69) is 0 Å². The Bertz CT molecular complexity index is 189. The van der Waals surface area contributed by atoms with E-state index in [0.29, 0.717) is 6.54 Å². The van der Waals surface area contributed by atoms with Crippen LogP contribution in [0.15, 0.2) is 0 Å². The van der Waals surface area contributed by atoms with Crippen molar-refractivity contribution in [3.63, 3.8) is 0 Å². The minimum Gasteiger partial charge on any atom is -0.480 e. The van der Waals surface area contributed by atoms with E-state index in [-0.39, 0.29) is 5.92 Å². The minimum atomic E-state index is -1.02. The fourth-order valence-corrected chi connectivity index (χ4v) is 1.49. The molecule has 1 aliphatic carbocycles. The minimum absolute atomic E-state index is 0.178. The maximum Gasteiger partial charge on any atom is 0.325 e. The Labute approximate surface area is 72.3 Å². The molecule has 0 aliphatic heterocycles. The first-order chi connectivity index (χ1) is 5.47. The van der Waals surface area contributed by atoms with Gasteiger partial charge in [0, 0.05) is 6.54 Å². The molecule has 70 valence electrons. The summed E-state index contributed by atoms with van der Waals surface area (Å²) in [6, 6.07) is 0. The summed E-state index contributed by atoms with van der Waals surface area (Å²) in [6.45, 7) is 0.424. The molecule has 1 rings (SSSR count). The molecule has 4 nitrogen and oxygen atoms in total. The average molecular weight is 172 g/mol. The molecule has 0 aromatic carbocycles. The standard InChI is InChI=1S/C8H16N2O2/c1-10(2)5-8(9,7(11)12)6-3-4-6/h6H,3-5,9H2,1-2H3,(H,11,12). The molecule has 1 saturated carbocycles.